The molecule has 0 spiro atoms. The maximum atomic E-state index is 13.3. The lowest BCUT2D eigenvalue weighted by atomic mass is 9.83. The van der Waals surface area contributed by atoms with Gasteiger partial charge >= 0.3 is 0 Å². The highest BCUT2D eigenvalue weighted by Gasteiger charge is 2.32. The monoisotopic (exact) mass is 410 g/mol. The van der Waals surface area contributed by atoms with Crippen LogP contribution >= 0.6 is 12.4 Å². The Morgan fingerprint density at radius 1 is 1.43 bits per heavy atom. The smallest absolute Gasteiger partial charge is 0.223 e. The molecule has 1 amide bonds. The van der Waals surface area contributed by atoms with Crippen LogP contribution in [0.4, 0.5) is 4.39 Å². The molecule has 154 valence electrons. The van der Waals surface area contributed by atoms with Crippen molar-refractivity contribution < 1.29 is 13.9 Å². The van der Waals surface area contributed by atoms with Crippen molar-refractivity contribution in [3.8, 4) is 5.69 Å². The Labute approximate surface area is 171 Å². The summed E-state index contributed by atoms with van der Waals surface area (Å²) in [5.41, 5.74) is 7.69. The van der Waals surface area contributed by atoms with Gasteiger partial charge < -0.3 is 15.8 Å². The Kier molecular flexibility index (Phi) is 8.41. The Morgan fingerprint density at radius 3 is 2.96 bits per heavy atom. The van der Waals surface area contributed by atoms with E-state index in [-0.39, 0.29) is 42.2 Å². The van der Waals surface area contributed by atoms with Crippen LogP contribution in [-0.2, 0) is 16.1 Å². The minimum Gasteiger partial charge on any atom is -0.377 e. The predicted molar refractivity (Wildman–Crippen MR) is 108 cm³/mol. The molecule has 3 N–H and O–H groups in total. The number of ether oxygens (including phenoxy) is 1. The van der Waals surface area contributed by atoms with Gasteiger partial charge in [-0.15, -0.1) is 12.4 Å². The summed E-state index contributed by atoms with van der Waals surface area (Å²) in [5, 5.41) is 7.19. The van der Waals surface area contributed by atoms with Crippen LogP contribution in [0.1, 0.15) is 38.2 Å². The molecule has 1 heterocycles. The van der Waals surface area contributed by atoms with Gasteiger partial charge in [-0.2, -0.15) is 5.10 Å². The molecule has 1 aromatic carbocycles. The third-order valence-corrected chi connectivity index (χ3v) is 4.92. The minimum absolute atomic E-state index is 0. The van der Waals surface area contributed by atoms with Crippen molar-refractivity contribution in [1.82, 2.24) is 15.1 Å². The van der Waals surface area contributed by atoms with Gasteiger partial charge in [0.15, 0.2) is 0 Å². The molecule has 0 bridgehead atoms. The summed E-state index contributed by atoms with van der Waals surface area (Å²) in [4.78, 5) is 12.5. The van der Waals surface area contributed by atoms with Crippen LogP contribution in [0, 0.1) is 11.7 Å². The third kappa shape index (κ3) is 5.77. The second-order valence-electron chi connectivity index (χ2n) is 7.07. The number of carbonyl (C=O) groups excluding carboxylic acids is 1. The van der Waals surface area contributed by atoms with E-state index in [4.69, 9.17) is 10.5 Å². The van der Waals surface area contributed by atoms with Crippen LogP contribution in [-0.4, -0.2) is 34.4 Å². The Balaban J connectivity index is 0.00000280. The highest BCUT2D eigenvalue weighted by atomic mass is 35.5. The van der Waals surface area contributed by atoms with Crippen LogP contribution < -0.4 is 11.1 Å². The molecule has 8 heteroatoms. The van der Waals surface area contributed by atoms with Crippen molar-refractivity contribution in [3.05, 3.63) is 48.0 Å². The average Bonchev–Trinajstić information content (AvgIpc) is 3.14. The topological polar surface area (TPSA) is 82.2 Å². The number of nitrogens with zero attached hydrogens (tertiary/aromatic N) is 2. The van der Waals surface area contributed by atoms with Gasteiger partial charge in [0.2, 0.25) is 5.91 Å². The fourth-order valence-electron chi connectivity index (χ4n) is 3.44. The largest absolute Gasteiger partial charge is 0.377 e. The lowest BCUT2D eigenvalue weighted by Gasteiger charge is -2.33. The summed E-state index contributed by atoms with van der Waals surface area (Å²) in [6, 6.07) is 6.12. The summed E-state index contributed by atoms with van der Waals surface area (Å²) < 4.78 is 20.7. The molecular weight excluding hydrogens is 383 g/mol. The number of hydrogen-bond acceptors (Lipinski definition) is 4. The van der Waals surface area contributed by atoms with Crippen LogP contribution in [0.5, 0.6) is 0 Å². The molecule has 28 heavy (non-hydrogen) atoms. The highest BCUT2D eigenvalue weighted by molar-refractivity contribution is 5.85. The first-order chi connectivity index (χ1) is 13.1. The molecule has 2 aromatic rings. The molecule has 0 saturated heterocycles. The third-order valence-electron chi connectivity index (χ3n) is 4.92. The number of nitrogens with two attached hydrogens (primary N) is 1. The molecule has 6 nitrogen and oxygen atoms in total. The first-order valence-electron chi connectivity index (χ1n) is 9.51. The fraction of sp³-hybridized carbons (Fsp3) is 0.500. The summed E-state index contributed by atoms with van der Waals surface area (Å²) >= 11 is 0. The quantitative estimate of drug-likeness (QED) is 0.735. The van der Waals surface area contributed by atoms with Gasteiger partial charge in [0.1, 0.15) is 5.82 Å². The zero-order chi connectivity index (χ0) is 19.2. The van der Waals surface area contributed by atoms with Crippen LogP contribution in [0.3, 0.4) is 0 Å². The zero-order valence-corrected chi connectivity index (χ0v) is 16.8. The number of amides is 1. The van der Waals surface area contributed by atoms with Gasteiger partial charge in [0.05, 0.1) is 18.0 Å². The maximum absolute atomic E-state index is 13.3. The van der Waals surface area contributed by atoms with E-state index >= 15 is 0 Å². The molecule has 1 fully saturated rings. The molecule has 1 aliphatic carbocycles. The normalized spacial score (nSPS) is 21.8. The number of rotatable bonds is 7. The molecule has 1 saturated carbocycles. The highest BCUT2D eigenvalue weighted by Crippen LogP contribution is 2.26. The van der Waals surface area contributed by atoms with E-state index in [1.165, 1.54) is 12.1 Å². The van der Waals surface area contributed by atoms with Gasteiger partial charge in [0, 0.05) is 36.9 Å². The van der Waals surface area contributed by atoms with E-state index in [1.54, 1.807) is 29.2 Å². The van der Waals surface area contributed by atoms with E-state index in [0.29, 0.717) is 25.3 Å². The summed E-state index contributed by atoms with van der Waals surface area (Å²) in [7, 11) is 0. The number of hydrogen-bond donors (Lipinski definition) is 2. The summed E-state index contributed by atoms with van der Waals surface area (Å²) in [6.07, 6.45) is 6.73. The van der Waals surface area contributed by atoms with Gasteiger partial charge in [-0.3, -0.25) is 4.79 Å². The molecule has 1 aliphatic rings. The first kappa shape index (κ1) is 22.3. The number of nitrogens with one attached hydrogen (secondary N) is 1. The Morgan fingerprint density at radius 2 is 2.25 bits per heavy atom. The summed E-state index contributed by atoms with van der Waals surface area (Å²) in [6.45, 7) is 3.17. The van der Waals surface area contributed by atoms with E-state index in [9.17, 15) is 9.18 Å². The van der Waals surface area contributed by atoms with Gasteiger partial charge in [-0.1, -0.05) is 13.0 Å². The van der Waals surface area contributed by atoms with E-state index < -0.39 is 0 Å². The van der Waals surface area contributed by atoms with E-state index in [0.717, 1.165) is 24.8 Å². The standard InChI is InChI=1S/C20H27FN4O2.ClH/c1-2-8-27-19-7-6-15(9-18(19)22)20(26)23-11-14-12-24-25(13-14)17-5-3-4-16(21)10-17;/h3-5,10,12-13,15,18-19H,2,6-9,11,22H2,1H3,(H,23,26);1H/t15-,18+,19+;/m0./s1. The van der Waals surface area contributed by atoms with Gasteiger partial charge in [0.25, 0.3) is 0 Å². The first-order valence-corrected chi connectivity index (χ1v) is 9.51. The second-order valence-corrected chi connectivity index (χ2v) is 7.07. The van der Waals surface area contributed by atoms with Gasteiger partial charge in [-0.25, -0.2) is 9.07 Å². The van der Waals surface area contributed by atoms with Crippen molar-refractivity contribution in [3.63, 3.8) is 0 Å². The van der Waals surface area contributed by atoms with Crippen LogP contribution in [0.25, 0.3) is 5.69 Å². The molecule has 0 unspecified atom stereocenters. The van der Waals surface area contributed by atoms with E-state index in [2.05, 4.69) is 17.3 Å². The van der Waals surface area contributed by atoms with Crippen LogP contribution in [0.15, 0.2) is 36.7 Å². The molecule has 3 atom stereocenters. The molecule has 1 aromatic heterocycles. The Hall–Kier alpha value is -1.96. The van der Waals surface area contributed by atoms with Crippen LogP contribution in [0.2, 0.25) is 0 Å². The minimum atomic E-state index is -0.312. The number of halogens is 2. The Bertz CT molecular complexity index is 770. The van der Waals surface area contributed by atoms with Crippen molar-refractivity contribution in [2.75, 3.05) is 6.61 Å². The maximum Gasteiger partial charge on any atom is 0.223 e. The number of benzene rings is 1. The fourth-order valence-corrected chi connectivity index (χ4v) is 3.44. The number of aromatic nitrogens is 2. The molecule has 3 rings (SSSR count). The van der Waals surface area contributed by atoms with Crippen molar-refractivity contribution >= 4 is 18.3 Å². The molecule has 0 aliphatic heterocycles. The summed E-state index contributed by atoms with van der Waals surface area (Å²) in [5.74, 6) is -0.384. The van der Waals surface area contributed by atoms with Gasteiger partial charge in [-0.05, 0) is 43.9 Å². The second kappa shape index (κ2) is 10.5. The number of carbonyl (C=O) groups is 1. The van der Waals surface area contributed by atoms with Crippen molar-refractivity contribution in [2.45, 2.75) is 51.3 Å². The lowest BCUT2D eigenvalue weighted by molar-refractivity contribution is -0.127. The SMILES string of the molecule is CCCO[C@@H]1CC[C@H](C(=O)NCc2cnn(-c3cccc(F)c3)c2)C[C@H]1N.Cl. The predicted octanol–water partition coefficient (Wildman–Crippen LogP) is 2.97. The zero-order valence-electron chi connectivity index (χ0n) is 16.0. The lowest BCUT2D eigenvalue weighted by Crippen LogP contribution is -2.46. The molecule has 0 radical (unpaired) electrons. The van der Waals surface area contributed by atoms with Crippen molar-refractivity contribution in [2.24, 2.45) is 11.7 Å². The van der Waals surface area contributed by atoms with Crippen molar-refractivity contribution in [1.29, 1.82) is 0 Å². The molecular formula is C20H28ClFN4O2. The van der Waals surface area contributed by atoms with E-state index in [1.807, 2.05) is 0 Å². The average molecular weight is 411 g/mol.